The number of alkyl carbamates (subject to hydrolysis) is 1. The molecule has 0 fully saturated rings. The molecule has 0 aromatic heterocycles. The maximum atomic E-state index is 12.9. The number of hydrogen-bond acceptors (Lipinski definition) is 2. The van der Waals surface area contributed by atoms with Crippen LogP contribution in [-0.4, -0.2) is 19.2 Å². The van der Waals surface area contributed by atoms with Gasteiger partial charge in [0.05, 0.1) is 12.1 Å². The first-order valence-electron chi connectivity index (χ1n) is 10.1. The Labute approximate surface area is 184 Å². The molecule has 1 aliphatic carbocycles. The third-order valence-electron chi connectivity index (χ3n) is 5.30. The van der Waals surface area contributed by atoms with E-state index >= 15 is 0 Å². The predicted molar refractivity (Wildman–Crippen MR) is 116 cm³/mol. The summed E-state index contributed by atoms with van der Waals surface area (Å²) in [5, 5.41) is 2.53. The molecule has 3 nitrogen and oxygen atoms in total. The van der Waals surface area contributed by atoms with Crippen LogP contribution < -0.4 is 5.32 Å². The van der Waals surface area contributed by atoms with Gasteiger partial charge < -0.3 is 10.1 Å². The molecule has 4 rings (SSSR count). The summed E-state index contributed by atoms with van der Waals surface area (Å²) in [4.78, 5) is 12.1. The Morgan fingerprint density at radius 3 is 2.25 bits per heavy atom. The summed E-state index contributed by atoms with van der Waals surface area (Å²) in [5.74, 6) is 5.28. The van der Waals surface area contributed by atoms with Crippen molar-refractivity contribution < 1.29 is 22.7 Å². The summed E-state index contributed by atoms with van der Waals surface area (Å²) in [6.07, 6.45) is -5.05. The van der Waals surface area contributed by atoms with Crippen LogP contribution >= 0.6 is 0 Å². The van der Waals surface area contributed by atoms with Gasteiger partial charge in [-0.15, -0.1) is 0 Å². The second-order valence-electron chi connectivity index (χ2n) is 7.57. The van der Waals surface area contributed by atoms with Crippen molar-refractivity contribution >= 4 is 6.09 Å². The summed E-state index contributed by atoms with van der Waals surface area (Å²) < 4.78 is 44.2. The molecule has 3 aromatic carbocycles. The molecule has 162 valence electrons. The predicted octanol–water partition coefficient (Wildman–Crippen LogP) is 5.90. The van der Waals surface area contributed by atoms with Gasteiger partial charge in [-0.1, -0.05) is 60.4 Å². The fourth-order valence-electron chi connectivity index (χ4n) is 3.93. The highest BCUT2D eigenvalue weighted by atomic mass is 19.4. The number of carbonyl (C=O) groups is 1. The average molecular weight is 435 g/mol. The lowest BCUT2D eigenvalue weighted by Crippen LogP contribution is -2.26. The molecule has 6 heteroatoms. The Kier molecular flexibility index (Phi) is 5.91. The van der Waals surface area contributed by atoms with E-state index in [-0.39, 0.29) is 24.6 Å². The Hall–Kier alpha value is -3.72. The maximum Gasteiger partial charge on any atom is 0.416 e. The minimum Gasteiger partial charge on any atom is -0.449 e. The molecule has 1 aliphatic rings. The van der Waals surface area contributed by atoms with Gasteiger partial charge in [0.15, 0.2) is 0 Å². The number of amides is 1. The Bertz CT molecular complexity index is 1180. The van der Waals surface area contributed by atoms with Crippen LogP contribution in [-0.2, 0) is 10.9 Å². The molecule has 32 heavy (non-hydrogen) atoms. The van der Waals surface area contributed by atoms with Crippen LogP contribution in [0.25, 0.3) is 11.1 Å². The van der Waals surface area contributed by atoms with Gasteiger partial charge in [-0.3, -0.25) is 0 Å². The molecule has 0 bridgehead atoms. The molecule has 0 aliphatic heterocycles. The standard InChI is InChI=1S/C26H20F3NO2/c1-17-13-18(15-19(14-17)26(27,28)29)7-6-12-30-25(31)32-16-24-22-10-4-2-8-20(22)21-9-3-5-11-23(21)24/h2-5,8-11,13-15,24H,12,16H2,1H3,(H,30,31). The van der Waals surface area contributed by atoms with Gasteiger partial charge >= 0.3 is 12.3 Å². The minimum absolute atomic E-state index is 0.0357. The Balaban J connectivity index is 1.35. The third kappa shape index (κ3) is 4.62. The lowest BCUT2D eigenvalue weighted by molar-refractivity contribution is -0.137. The van der Waals surface area contributed by atoms with E-state index in [1.54, 1.807) is 13.0 Å². The topological polar surface area (TPSA) is 38.3 Å². The van der Waals surface area contributed by atoms with Crippen LogP contribution in [0, 0.1) is 18.8 Å². The first kappa shape index (κ1) is 21.5. The molecule has 0 radical (unpaired) electrons. The number of nitrogens with one attached hydrogen (secondary N) is 1. The molecule has 0 spiro atoms. The lowest BCUT2D eigenvalue weighted by atomic mass is 9.98. The third-order valence-corrected chi connectivity index (χ3v) is 5.30. The number of fused-ring (bicyclic) bond motifs is 3. The monoisotopic (exact) mass is 435 g/mol. The number of halogens is 3. The molecule has 3 aromatic rings. The zero-order valence-corrected chi connectivity index (χ0v) is 17.3. The first-order chi connectivity index (χ1) is 15.3. The van der Waals surface area contributed by atoms with Crippen LogP contribution in [0.2, 0.25) is 0 Å². The van der Waals surface area contributed by atoms with Gasteiger partial charge in [0.2, 0.25) is 0 Å². The van der Waals surface area contributed by atoms with Crippen molar-refractivity contribution in [2.45, 2.75) is 19.0 Å². The number of ether oxygens (including phenoxy) is 1. The van der Waals surface area contributed by atoms with Crippen molar-refractivity contribution in [3.05, 3.63) is 94.5 Å². The van der Waals surface area contributed by atoms with E-state index in [2.05, 4.69) is 29.3 Å². The summed E-state index contributed by atoms with van der Waals surface area (Å²) in [6, 6.07) is 19.7. The molecule has 1 amide bonds. The van der Waals surface area contributed by atoms with Crippen molar-refractivity contribution in [2.75, 3.05) is 13.2 Å². The average Bonchev–Trinajstić information content (AvgIpc) is 3.08. The lowest BCUT2D eigenvalue weighted by Gasteiger charge is -2.14. The number of rotatable bonds is 3. The summed E-state index contributed by atoms with van der Waals surface area (Å²) in [6.45, 7) is 1.72. The van der Waals surface area contributed by atoms with Crippen molar-refractivity contribution in [2.24, 2.45) is 0 Å². The van der Waals surface area contributed by atoms with Gasteiger partial charge in [0, 0.05) is 11.5 Å². The van der Waals surface area contributed by atoms with Crippen LogP contribution in [0.15, 0.2) is 66.7 Å². The number of hydrogen-bond donors (Lipinski definition) is 1. The normalized spacial score (nSPS) is 12.4. The van der Waals surface area contributed by atoms with Crippen LogP contribution in [0.1, 0.15) is 33.7 Å². The molecule has 0 saturated carbocycles. The first-order valence-corrected chi connectivity index (χ1v) is 10.1. The van der Waals surface area contributed by atoms with E-state index in [0.717, 1.165) is 34.4 Å². The fourth-order valence-corrected chi connectivity index (χ4v) is 3.93. The highest BCUT2D eigenvalue weighted by Crippen LogP contribution is 2.44. The molecule has 0 atom stereocenters. The zero-order chi connectivity index (χ0) is 22.7. The molecule has 1 N–H and O–H groups in total. The molecule has 0 saturated heterocycles. The van der Waals surface area contributed by atoms with E-state index in [1.807, 2.05) is 36.4 Å². The quantitative estimate of drug-likeness (QED) is 0.520. The zero-order valence-electron chi connectivity index (χ0n) is 17.3. The summed E-state index contributed by atoms with van der Waals surface area (Å²) >= 11 is 0. The summed E-state index contributed by atoms with van der Waals surface area (Å²) in [5.41, 5.74) is 4.47. The van der Waals surface area contributed by atoms with Gasteiger partial charge in [0.1, 0.15) is 6.61 Å². The molecule has 0 unspecified atom stereocenters. The van der Waals surface area contributed by atoms with Crippen molar-refractivity contribution in [3.8, 4) is 23.0 Å². The van der Waals surface area contributed by atoms with Crippen molar-refractivity contribution in [1.29, 1.82) is 0 Å². The van der Waals surface area contributed by atoms with Crippen molar-refractivity contribution in [3.63, 3.8) is 0 Å². The van der Waals surface area contributed by atoms with E-state index < -0.39 is 17.8 Å². The van der Waals surface area contributed by atoms with Crippen LogP contribution in [0.3, 0.4) is 0 Å². The Morgan fingerprint density at radius 1 is 1.00 bits per heavy atom. The molecular weight excluding hydrogens is 415 g/mol. The van der Waals surface area contributed by atoms with Gasteiger partial charge in [0.25, 0.3) is 0 Å². The van der Waals surface area contributed by atoms with Crippen molar-refractivity contribution in [1.82, 2.24) is 5.32 Å². The highest BCUT2D eigenvalue weighted by Gasteiger charge is 2.31. The van der Waals surface area contributed by atoms with Crippen LogP contribution in [0.4, 0.5) is 18.0 Å². The second-order valence-corrected chi connectivity index (χ2v) is 7.57. The van der Waals surface area contributed by atoms with E-state index in [4.69, 9.17) is 4.74 Å². The number of carbonyl (C=O) groups excluding carboxylic acids is 1. The van der Waals surface area contributed by atoms with Gasteiger partial charge in [-0.2, -0.15) is 13.2 Å². The molecular formula is C26H20F3NO2. The van der Waals surface area contributed by atoms with E-state index in [1.165, 1.54) is 0 Å². The number of aryl methyl sites for hydroxylation is 1. The number of alkyl halides is 3. The van der Waals surface area contributed by atoms with Crippen LogP contribution in [0.5, 0.6) is 0 Å². The maximum absolute atomic E-state index is 12.9. The largest absolute Gasteiger partial charge is 0.449 e. The Morgan fingerprint density at radius 2 is 1.62 bits per heavy atom. The summed E-state index contributed by atoms with van der Waals surface area (Å²) in [7, 11) is 0. The van der Waals surface area contributed by atoms with E-state index in [9.17, 15) is 18.0 Å². The fraction of sp³-hybridized carbons (Fsp3) is 0.192. The minimum atomic E-state index is -4.43. The number of benzene rings is 3. The van der Waals surface area contributed by atoms with Gasteiger partial charge in [-0.05, 0) is 52.9 Å². The van der Waals surface area contributed by atoms with E-state index in [0.29, 0.717) is 5.56 Å². The second kappa shape index (κ2) is 8.80. The van der Waals surface area contributed by atoms with Gasteiger partial charge in [-0.25, -0.2) is 4.79 Å². The highest BCUT2D eigenvalue weighted by molar-refractivity contribution is 5.79. The molecule has 0 heterocycles. The smallest absolute Gasteiger partial charge is 0.416 e. The SMILES string of the molecule is Cc1cc(C#CCNC(=O)OCC2c3ccccc3-c3ccccc32)cc(C(F)(F)F)c1.